The van der Waals surface area contributed by atoms with Crippen molar-refractivity contribution in [2.24, 2.45) is 0 Å². The van der Waals surface area contributed by atoms with Gasteiger partial charge in [0, 0.05) is 36.5 Å². The van der Waals surface area contributed by atoms with Crippen molar-refractivity contribution in [3.05, 3.63) is 0 Å². The summed E-state index contributed by atoms with van der Waals surface area (Å²) >= 11 is 2.23. The van der Waals surface area contributed by atoms with Gasteiger partial charge in [0.2, 0.25) is 0 Å². The fourth-order valence-corrected chi connectivity index (χ4v) is 0. The van der Waals surface area contributed by atoms with Crippen molar-refractivity contribution in [2.75, 3.05) is 0 Å². The van der Waals surface area contributed by atoms with Gasteiger partial charge in [0.1, 0.15) is 0 Å². The first-order chi connectivity index (χ1) is 1.00. The Morgan fingerprint density at radius 1 is 1.29 bits per heavy atom. The molecule has 0 aliphatic rings. The normalized spacial score (nSPS) is 0.857. The van der Waals surface area contributed by atoms with E-state index in [4.69, 9.17) is 0 Å². The van der Waals surface area contributed by atoms with Crippen molar-refractivity contribution in [2.45, 2.75) is 0 Å². The second-order valence-electron chi connectivity index (χ2n) is 0. The average Bonchev–Trinajstić information content (AvgIpc) is 1.00. The third kappa shape index (κ3) is 33.8. The van der Waals surface area contributed by atoms with E-state index in [-0.39, 0.29) is 156 Å². The molecule has 0 aromatic rings. The van der Waals surface area contributed by atoms with E-state index in [0.717, 1.165) is 0 Å². The average molecular weight is 350 g/mol. The van der Waals surface area contributed by atoms with E-state index in [1.54, 1.807) is 0 Å². The molecule has 1 unspecified atom stereocenters. The zero-order valence-electron chi connectivity index (χ0n) is 9.45. The molecule has 0 saturated carbocycles. The van der Waals surface area contributed by atoms with Crippen molar-refractivity contribution < 1.29 is 95.1 Å². The molecule has 1 radical (unpaired) electrons. The summed E-state index contributed by atoms with van der Waals surface area (Å²) in [6.45, 7) is 0. The SMILES string of the molecule is P[SeH].[Ca+2].[Cu].[H-].[H-].[H-].[H-].[H-].[K+].[Mg+2].[Zn]. The van der Waals surface area contributed by atoms with E-state index >= 15 is 0 Å². The smallest absolute Gasteiger partial charge is 1.00 e. The maximum Gasteiger partial charge on any atom is 2.00 e. The van der Waals surface area contributed by atoms with Gasteiger partial charge < -0.3 is 7.13 Å². The minimum atomic E-state index is 0. The Hall–Kier alpha value is 5.75. The second kappa shape index (κ2) is 41.1. The predicted molar refractivity (Wildman–Crippen MR) is 33.9 cm³/mol. The second-order valence-corrected chi connectivity index (χ2v) is 0. The van der Waals surface area contributed by atoms with Crippen molar-refractivity contribution in [1.29, 1.82) is 0 Å². The Labute approximate surface area is 174 Å². The maximum atomic E-state index is 2.35. The van der Waals surface area contributed by atoms with Crippen LogP contribution in [-0.2, 0) is 36.5 Å². The molecule has 0 rings (SSSR count). The summed E-state index contributed by atoms with van der Waals surface area (Å²) < 4.78 is 0. The first-order valence-electron chi connectivity index (χ1n) is 0.258. The van der Waals surface area contributed by atoms with Crippen molar-refractivity contribution in [1.82, 2.24) is 0 Å². The molecule has 0 bridgehead atoms. The summed E-state index contributed by atoms with van der Waals surface area (Å²) in [5.74, 6) is 0. The van der Waals surface area contributed by atoms with E-state index in [9.17, 15) is 0 Å². The Kier molecular flexibility index (Phi) is 227. The molecular formula is H8CaCuKMgPSeZn. The van der Waals surface area contributed by atoms with E-state index in [1.165, 1.54) is 0 Å². The number of hydrogen-bond acceptors (Lipinski definition) is 0. The predicted octanol–water partition coefficient (Wildman–Crippen LogP) is -3.52. The van der Waals surface area contributed by atoms with E-state index in [0.29, 0.717) is 0 Å². The Balaban J connectivity index is -0.000000000111. The van der Waals surface area contributed by atoms with Gasteiger partial charge in [0.05, 0.1) is 0 Å². The van der Waals surface area contributed by atoms with E-state index in [2.05, 4.69) is 23.5 Å². The zero-order valence-corrected chi connectivity index (χ0v) is 18.1. The van der Waals surface area contributed by atoms with Crippen LogP contribution in [0.1, 0.15) is 7.13 Å². The van der Waals surface area contributed by atoms with Gasteiger partial charge in [-0.2, -0.15) is 0 Å². The van der Waals surface area contributed by atoms with Gasteiger partial charge in [-0.1, -0.05) is 0 Å². The van der Waals surface area contributed by atoms with E-state index < -0.39 is 0 Å². The largest absolute Gasteiger partial charge is 2.00 e. The third-order valence-electron chi connectivity index (χ3n) is 0. The molecule has 0 spiro atoms. The molecule has 0 heterocycles. The molecule has 0 aromatic heterocycles. The quantitative estimate of drug-likeness (QED) is 0.314. The molecule has 0 aliphatic carbocycles. The molecule has 0 N–H and O–H groups in total. The maximum absolute atomic E-state index is 2.35. The molecule has 0 fully saturated rings. The summed E-state index contributed by atoms with van der Waals surface area (Å²) in [6, 6.07) is 0. The van der Waals surface area contributed by atoms with Gasteiger partial charge in [-0.25, -0.2) is 0 Å². The van der Waals surface area contributed by atoms with Crippen LogP contribution in [0.2, 0.25) is 0 Å². The third-order valence-corrected chi connectivity index (χ3v) is 0. The van der Waals surface area contributed by atoms with E-state index in [1.807, 2.05) is 0 Å². The first kappa shape index (κ1) is 38.6. The molecule has 7 heteroatoms. The summed E-state index contributed by atoms with van der Waals surface area (Å²) in [5, 5.41) is 0. The van der Waals surface area contributed by atoms with Crippen molar-refractivity contribution in [3.8, 4) is 0 Å². The molecule has 0 aromatic carbocycles. The van der Waals surface area contributed by atoms with Gasteiger partial charge in [-0.05, 0) is 0 Å². The van der Waals surface area contributed by atoms with Gasteiger partial charge in [0.25, 0.3) is 0 Å². The molecule has 0 aliphatic heterocycles. The summed E-state index contributed by atoms with van der Waals surface area (Å²) in [5.41, 5.74) is 0. The minimum absolute atomic E-state index is 0. The summed E-state index contributed by atoms with van der Waals surface area (Å²) in [6.07, 6.45) is 0. The van der Waals surface area contributed by atoms with Gasteiger partial charge >= 0.3 is 136 Å². The van der Waals surface area contributed by atoms with Crippen LogP contribution < -0.4 is 51.4 Å². The molecule has 37 valence electrons. The minimum Gasteiger partial charge on any atom is -1.00 e. The summed E-state index contributed by atoms with van der Waals surface area (Å²) in [4.78, 5) is 0. The molecule has 0 saturated heterocycles. The number of hydrogen-bond donors (Lipinski definition) is 0. The Morgan fingerprint density at radius 3 is 1.29 bits per heavy atom. The van der Waals surface area contributed by atoms with Crippen molar-refractivity contribution in [3.63, 3.8) is 0 Å². The molecule has 1 atom stereocenters. The first-order valence-corrected chi connectivity index (χ1v) is 4.02. The van der Waals surface area contributed by atoms with Gasteiger partial charge in [-0.15, -0.1) is 0 Å². The van der Waals surface area contributed by atoms with Crippen LogP contribution in [-0.4, -0.2) is 76.4 Å². The van der Waals surface area contributed by atoms with Gasteiger partial charge in [0.15, 0.2) is 0 Å². The van der Waals surface area contributed by atoms with Gasteiger partial charge in [-0.3, -0.25) is 0 Å². The summed E-state index contributed by atoms with van der Waals surface area (Å²) in [7, 11) is 2.35. The van der Waals surface area contributed by atoms with Crippen LogP contribution in [0, 0.1) is 0 Å². The Bertz CT molecular complexity index is 31.4. The fraction of sp³-hybridized carbons (Fsp3) is 0. The topological polar surface area (TPSA) is 0 Å². The molecular weight excluding hydrogens is 342 g/mol. The standard InChI is InChI=1S/Ca.Cu.K.Mg.H3PSe.Zn.5H/c;;;;1-2;;;;;;/h;;;;2H,1H2;;;;;;/q+2;;+1;+2;;;5*-1. The Morgan fingerprint density at radius 2 is 1.29 bits per heavy atom. The van der Waals surface area contributed by atoms with Crippen LogP contribution in [0.4, 0.5) is 0 Å². The van der Waals surface area contributed by atoms with Crippen LogP contribution in [0.15, 0.2) is 0 Å². The molecule has 0 nitrogen and oxygen atoms in total. The molecule has 0 amide bonds. The molecule has 7 heavy (non-hydrogen) atoms. The fourth-order valence-electron chi connectivity index (χ4n) is 0. The number of rotatable bonds is 0. The van der Waals surface area contributed by atoms with Crippen molar-refractivity contribution >= 4 is 84.3 Å². The monoisotopic (exact) mass is 349 g/mol. The van der Waals surface area contributed by atoms with Crippen LogP contribution in [0.3, 0.4) is 0 Å². The van der Waals surface area contributed by atoms with Crippen LogP contribution in [0.5, 0.6) is 0 Å². The zero-order chi connectivity index (χ0) is 2.00. The van der Waals surface area contributed by atoms with Crippen LogP contribution in [0.25, 0.3) is 0 Å². The van der Waals surface area contributed by atoms with Crippen LogP contribution >= 0.6 is 7.93 Å².